The van der Waals surface area contributed by atoms with Crippen LogP contribution in [0.4, 0.5) is 0 Å². The lowest BCUT2D eigenvalue weighted by Gasteiger charge is -2.26. The van der Waals surface area contributed by atoms with Crippen molar-refractivity contribution >= 4 is 18.3 Å². The summed E-state index contributed by atoms with van der Waals surface area (Å²) in [7, 11) is 0. The number of halogens is 1. The highest BCUT2D eigenvalue weighted by Gasteiger charge is 2.47. The van der Waals surface area contributed by atoms with E-state index >= 15 is 0 Å². The quantitative estimate of drug-likeness (QED) is 0.876. The molecule has 1 saturated heterocycles. The summed E-state index contributed by atoms with van der Waals surface area (Å²) in [5, 5.41) is 3.37. The van der Waals surface area contributed by atoms with Gasteiger partial charge in [0, 0.05) is 5.56 Å². The predicted octanol–water partition coefficient (Wildman–Crippen LogP) is 2.21. The van der Waals surface area contributed by atoms with Crippen molar-refractivity contribution in [1.29, 1.82) is 0 Å². The van der Waals surface area contributed by atoms with E-state index in [0.29, 0.717) is 11.5 Å². The number of nitrogens with two attached hydrogens (primary N) is 1. The Morgan fingerprint density at radius 3 is 2.57 bits per heavy atom. The maximum atomic E-state index is 11.6. The number of rotatable bonds is 5. The first-order chi connectivity index (χ1) is 9.71. The molecule has 0 aromatic heterocycles. The first-order valence-electron chi connectivity index (χ1n) is 7.45. The van der Waals surface area contributed by atoms with Gasteiger partial charge in [-0.2, -0.15) is 0 Å². The lowest BCUT2D eigenvalue weighted by molar-refractivity contribution is 0.000940. The van der Waals surface area contributed by atoms with Gasteiger partial charge in [0.2, 0.25) is 5.91 Å². The number of piperidine rings is 1. The molecular formula is C16H23ClN2O2. The van der Waals surface area contributed by atoms with Gasteiger partial charge in [-0.25, -0.2) is 0 Å². The lowest BCUT2D eigenvalue weighted by Crippen LogP contribution is -2.31. The van der Waals surface area contributed by atoms with Crippen LogP contribution in [-0.4, -0.2) is 25.6 Å². The molecule has 2 aliphatic rings. The van der Waals surface area contributed by atoms with E-state index in [4.69, 9.17) is 10.5 Å². The minimum absolute atomic E-state index is 0. The average Bonchev–Trinajstić information content (AvgIpc) is 3.27. The third kappa shape index (κ3) is 3.57. The number of ether oxygens (including phenoxy) is 1. The number of amides is 1. The predicted molar refractivity (Wildman–Crippen MR) is 84.7 cm³/mol. The van der Waals surface area contributed by atoms with E-state index in [9.17, 15) is 4.79 Å². The molecule has 0 atom stereocenters. The monoisotopic (exact) mass is 310 g/mol. The van der Waals surface area contributed by atoms with Crippen LogP contribution in [-0.2, 0) is 10.3 Å². The van der Waals surface area contributed by atoms with E-state index in [1.807, 2.05) is 18.2 Å². The number of benzene rings is 1. The molecule has 1 amide bonds. The van der Waals surface area contributed by atoms with Crippen LogP contribution in [0, 0.1) is 5.92 Å². The molecule has 0 unspecified atom stereocenters. The van der Waals surface area contributed by atoms with Crippen LogP contribution in [0.2, 0.25) is 0 Å². The molecule has 3 N–H and O–H groups in total. The summed E-state index contributed by atoms with van der Waals surface area (Å²) in [6.07, 6.45) is 4.33. The average molecular weight is 311 g/mol. The second-order valence-electron chi connectivity index (χ2n) is 5.91. The van der Waals surface area contributed by atoms with E-state index in [2.05, 4.69) is 5.32 Å². The highest BCUT2D eigenvalue weighted by molar-refractivity contribution is 5.94. The topological polar surface area (TPSA) is 64.4 Å². The summed E-state index contributed by atoms with van der Waals surface area (Å²) in [6.45, 7) is 2.95. The zero-order valence-corrected chi connectivity index (χ0v) is 13.0. The minimum Gasteiger partial charge on any atom is -0.370 e. The number of hydrogen-bond donors (Lipinski definition) is 2. The molecule has 1 aromatic rings. The Morgan fingerprint density at radius 1 is 1.29 bits per heavy atom. The zero-order chi connectivity index (χ0) is 14.0. The second kappa shape index (κ2) is 6.77. The van der Waals surface area contributed by atoms with Gasteiger partial charge in [-0.3, -0.25) is 4.79 Å². The van der Waals surface area contributed by atoms with Gasteiger partial charge < -0.3 is 15.8 Å². The molecule has 0 bridgehead atoms. The molecule has 0 radical (unpaired) electrons. The van der Waals surface area contributed by atoms with Gasteiger partial charge in [0.05, 0.1) is 12.2 Å². The Kier molecular flexibility index (Phi) is 5.25. The van der Waals surface area contributed by atoms with Crippen LogP contribution in [0.1, 0.15) is 41.6 Å². The minimum atomic E-state index is -0.364. The molecule has 4 nitrogen and oxygen atoms in total. The second-order valence-corrected chi connectivity index (χ2v) is 5.91. The number of carbonyl (C=O) groups excluding carboxylic acids is 1. The molecule has 2 fully saturated rings. The third-order valence-electron chi connectivity index (χ3n) is 4.44. The Labute approximate surface area is 131 Å². The number of carbonyl (C=O) groups is 1. The fourth-order valence-electron chi connectivity index (χ4n) is 3.03. The molecule has 5 heteroatoms. The number of nitrogens with one attached hydrogen (secondary N) is 1. The van der Waals surface area contributed by atoms with Gasteiger partial charge in [0.25, 0.3) is 0 Å². The first kappa shape index (κ1) is 16.3. The van der Waals surface area contributed by atoms with Crippen molar-refractivity contribution in [2.24, 2.45) is 11.7 Å². The van der Waals surface area contributed by atoms with Crippen molar-refractivity contribution in [1.82, 2.24) is 5.32 Å². The van der Waals surface area contributed by atoms with Crippen LogP contribution in [0.3, 0.4) is 0 Å². The van der Waals surface area contributed by atoms with Crippen LogP contribution >= 0.6 is 12.4 Å². The Bertz CT molecular complexity index is 497. The molecule has 3 rings (SSSR count). The molecule has 1 saturated carbocycles. The van der Waals surface area contributed by atoms with Crippen LogP contribution < -0.4 is 11.1 Å². The van der Waals surface area contributed by atoms with Gasteiger partial charge in [0.15, 0.2) is 0 Å². The Balaban J connectivity index is 0.00000161. The normalized spacial score (nSPS) is 20.6. The van der Waals surface area contributed by atoms with Gasteiger partial charge in [-0.05, 0) is 56.3 Å². The van der Waals surface area contributed by atoms with Crippen molar-refractivity contribution in [2.45, 2.75) is 31.3 Å². The van der Waals surface area contributed by atoms with Crippen LogP contribution in [0.25, 0.3) is 0 Å². The lowest BCUT2D eigenvalue weighted by atomic mass is 9.97. The zero-order valence-electron chi connectivity index (χ0n) is 12.1. The summed E-state index contributed by atoms with van der Waals surface area (Å²) >= 11 is 0. The van der Waals surface area contributed by atoms with Crippen molar-refractivity contribution in [2.75, 3.05) is 19.7 Å². The summed E-state index contributed by atoms with van der Waals surface area (Å²) < 4.78 is 6.22. The molecule has 1 aliphatic carbocycles. The van der Waals surface area contributed by atoms with Crippen LogP contribution in [0.15, 0.2) is 24.3 Å². The van der Waals surface area contributed by atoms with E-state index in [-0.39, 0.29) is 23.9 Å². The van der Waals surface area contributed by atoms with Gasteiger partial charge in [0.1, 0.15) is 0 Å². The molecule has 1 aromatic carbocycles. The number of hydrogen-bond acceptors (Lipinski definition) is 3. The van der Waals surface area contributed by atoms with Gasteiger partial charge in [-0.1, -0.05) is 18.2 Å². The highest BCUT2D eigenvalue weighted by atomic mass is 35.5. The van der Waals surface area contributed by atoms with E-state index < -0.39 is 0 Å². The van der Waals surface area contributed by atoms with Crippen molar-refractivity contribution in [3.8, 4) is 0 Å². The SMILES string of the molecule is Cl.NC(=O)c1ccccc1C1(OCC2CCNCC2)CC1. The first-order valence-corrected chi connectivity index (χ1v) is 7.45. The van der Waals surface area contributed by atoms with Gasteiger partial charge >= 0.3 is 0 Å². The largest absolute Gasteiger partial charge is 0.370 e. The molecule has 1 heterocycles. The molecule has 0 spiro atoms. The molecule has 116 valence electrons. The Hall–Kier alpha value is -1.10. The smallest absolute Gasteiger partial charge is 0.249 e. The van der Waals surface area contributed by atoms with E-state index in [1.54, 1.807) is 6.07 Å². The standard InChI is InChI=1S/C16H22N2O2.ClH/c17-15(19)13-3-1-2-4-14(13)16(7-8-16)20-11-12-5-9-18-10-6-12;/h1-4,12,18H,5-11H2,(H2,17,19);1H. The van der Waals surface area contributed by atoms with Crippen LogP contribution in [0.5, 0.6) is 0 Å². The third-order valence-corrected chi connectivity index (χ3v) is 4.44. The highest BCUT2D eigenvalue weighted by Crippen LogP contribution is 2.50. The summed E-state index contributed by atoms with van der Waals surface area (Å²) in [4.78, 5) is 11.6. The van der Waals surface area contributed by atoms with Gasteiger partial charge in [-0.15, -0.1) is 12.4 Å². The summed E-state index contributed by atoms with van der Waals surface area (Å²) in [5.41, 5.74) is 6.80. The summed E-state index contributed by atoms with van der Waals surface area (Å²) in [6, 6.07) is 7.59. The molecule has 21 heavy (non-hydrogen) atoms. The van der Waals surface area contributed by atoms with Crippen molar-refractivity contribution in [3.05, 3.63) is 35.4 Å². The fourth-order valence-corrected chi connectivity index (χ4v) is 3.03. The molecular weight excluding hydrogens is 288 g/mol. The fraction of sp³-hybridized carbons (Fsp3) is 0.562. The maximum absolute atomic E-state index is 11.6. The van der Waals surface area contributed by atoms with E-state index in [1.165, 1.54) is 12.8 Å². The Morgan fingerprint density at radius 2 is 1.95 bits per heavy atom. The van der Waals surface area contributed by atoms with Crippen molar-refractivity contribution in [3.63, 3.8) is 0 Å². The van der Waals surface area contributed by atoms with Crippen molar-refractivity contribution < 1.29 is 9.53 Å². The van der Waals surface area contributed by atoms with E-state index in [0.717, 1.165) is 38.1 Å². The number of primary amides is 1. The molecule has 1 aliphatic heterocycles. The maximum Gasteiger partial charge on any atom is 0.249 e. The summed E-state index contributed by atoms with van der Waals surface area (Å²) in [5.74, 6) is 0.270.